The Labute approximate surface area is 498 Å². The Morgan fingerprint density at radius 1 is 0.204 bits per heavy atom. The highest BCUT2D eigenvalue weighted by molar-refractivity contribution is 6.19. The second kappa shape index (κ2) is 19.2. The van der Waals surface area contributed by atoms with Crippen LogP contribution in [0.4, 0.5) is 105 Å². The average molecular weight is 1320 g/mol. The fraction of sp³-hybridized carbons (Fsp3) is 0.129. The molecule has 0 atom stereocenters. The smallest absolute Gasteiger partial charge is 0.305 e. The largest absolute Gasteiger partial charge is 0.416 e. The van der Waals surface area contributed by atoms with Crippen molar-refractivity contribution in [3.8, 4) is 22.7 Å². The van der Waals surface area contributed by atoms with E-state index in [9.17, 15) is 0 Å². The molecule has 31 heteroatoms. The second-order valence-corrected chi connectivity index (χ2v) is 21.5. The molecule has 7 nitrogen and oxygen atoms in total. The highest BCUT2D eigenvalue weighted by Gasteiger charge is 2.42. The van der Waals surface area contributed by atoms with Crippen LogP contribution in [0.2, 0.25) is 0 Å². The topological polar surface area (TPSA) is 58.6 Å². The van der Waals surface area contributed by atoms with Crippen LogP contribution in [0.15, 0.2) is 150 Å². The predicted molar refractivity (Wildman–Crippen MR) is 289 cm³/mol. The zero-order valence-corrected chi connectivity index (χ0v) is 45.0. The Morgan fingerprint density at radius 3 is 0.484 bits per heavy atom. The van der Waals surface area contributed by atoms with Crippen LogP contribution in [0, 0.1) is 0 Å². The van der Waals surface area contributed by atoms with Crippen molar-refractivity contribution < 1.29 is 110 Å². The quantitative estimate of drug-likeness (QED) is 0.165. The third kappa shape index (κ3) is 9.40. The van der Waals surface area contributed by atoms with Gasteiger partial charge in [-0.25, -0.2) is 4.63 Å². The van der Waals surface area contributed by atoms with E-state index < -0.39 is 215 Å². The first-order chi connectivity index (χ1) is 43.2. The SMILES string of the molecule is FC(F)(F)c1ccc2c3ccc(C(F)(F)F)cc3n(-c3c(-n4c5cc(C(F)(F)F)ccc5c5ccc(C(F)(F)F)cc54)c(-n4c5cc(C(F)(F)F)ccc5c5ccc(C(F)(F)F)cc54)c4nonc4c3-n3c4cc(C(F)(F)F)ccc4c4ccc(C(F)(F)F)cc43)c2c1. The minimum absolute atomic E-state index is 0.248. The number of fused-ring (bicyclic) bond motifs is 13. The molecule has 0 radical (unpaired) electrons. The van der Waals surface area contributed by atoms with E-state index in [4.69, 9.17) is 4.63 Å². The highest BCUT2D eigenvalue weighted by atomic mass is 19.4. The summed E-state index contributed by atoms with van der Waals surface area (Å²) in [5.41, 5.74) is -28.2. The van der Waals surface area contributed by atoms with Crippen LogP contribution in [-0.2, 0) is 49.4 Å². The molecule has 0 unspecified atom stereocenters. The van der Waals surface area contributed by atoms with E-state index in [1.807, 2.05) is 0 Å². The number of rotatable bonds is 4. The summed E-state index contributed by atoms with van der Waals surface area (Å²) in [6.45, 7) is 0. The first-order valence-electron chi connectivity index (χ1n) is 26.4. The Balaban J connectivity index is 1.40. The van der Waals surface area contributed by atoms with E-state index in [1.165, 1.54) is 0 Å². The van der Waals surface area contributed by atoms with Gasteiger partial charge in [-0.15, -0.1) is 0 Å². The first kappa shape index (κ1) is 60.5. The van der Waals surface area contributed by atoms with Gasteiger partial charge in [0.05, 0.1) is 100 Å². The van der Waals surface area contributed by atoms with Gasteiger partial charge >= 0.3 is 49.4 Å². The summed E-state index contributed by atoms with van der Waals surface area (Å²) < 4.78 is 374. The maximum absolute atomic E-state index is 15.4. The molecule has 0 aliphatic heterocycles. The first-order valence-corrected chi connectivity index (χ1v) is 26.4. The van der Waals surface area contributed by atoms with Gasteiger partial charge in [-0.3, -0.25) is 0 Å². The number of nitrogens with zero attached hydrogens (tertiary/aromatic N) is 6. The van der Waals surface area contributed by atoms with Gasteiger partial charge in [-0.05, 0) is 107 Å². The fourth-order valence-corrected chi connectivity index (χ4v) is 12.2. The van der Waals surface area contributed by atoms with Crippen LogP contribution < -0.4 is 0 Å². The molecule has 9 aromatic carbocycles. The second-order valence-electron chi connectivity index (χ2n) is 21.5. The molecular formula is C62H24F24N6O. The number of aromatic nitrogens is 6. The number of halogens is 24. The molecule has 0 fully saturated rings. The van der Waals surface area contributed by atoms with Gasteiger partial charge in [-0.1, -0.05) is 48.5 Å². The van der Waals surface area contributed by atoms with Gasteiger partial charge in [0.25, 0.3) is 0 Å². The van der Waals surface area contributed by atoms with Gasteiger partial charge in [0.2, 0.25) is 0 Å². The van der Waals surface area contributed by atoms with Gasteiger partial charge < -0.3 is 18.3 Å². The Bertz CT molecular complexity index is 4900. The molecule has 14 rings (SSSR count). The van der Waals surface area contributed by atoms with Crippen molar-refractivity contribution in [2.45, 2.75) is 49.4 Å². The molecule has 476 valence electrons. The van der Waals surface area contributed by atoms with E-state index >= 15 is 105 Å². The van der Waals surface area contributed by atoms with Crippen molar-refractivity contribution in [3.05, 3.63) is 190 Å². The van der Waals surface area contributed by atoms with Crippen LogP contribution in [0.5, 0.6) is 0 Å². The number of alkyl halides is 24. The maximum Gasteiger partial charge on any atom is 0.416 e. The summed E-state index contributed by atoms with van der Waals surface area (Å²) in [6, 6.07) is 11.2. The van der Waals surface area contributed by atoms with Gasteiger partial charge in [0, 0.05) is 43.1 Å². The van der Waals surface area contributed by atoms with E-state index in [1.54, 1.807) is 0 Å². The molecule has 0 bridgehead atoms. The van der Waals surface area contributed by atoms with Crippen LogP contribution in [0.25, 0.3) is 121 Å². The minimum Gasteiger partial charge on any atom is -0.305 e. The third-order valence-corrected chi connectivity index (χ3v) is 16.2. The van der Waals surface area contributed by atoms with Crippen molar-refractivity contribution in [2.75, 3.05) is 0 Å². The molecule has 0 saturated heterocycles. The molecule has 14 aromatic rings. The summed E-state index contributed by atoms with van der Waals surface area (Å²) in [5, 5.41) is 3.92. The molecule has 0 spiro atoms. The highest BCUT2D eigenvalue weighted by Crippen LogP contribution is 2.53. The summed E-state index contributed by atoms with van der Waals surface area (Å²) in [4.78, 5) is 0. The lowest BCUT2D eigenvalue weighted by Gasteiger charge is -2.26. The standard InChI is InChI=1S/C62H24F24N6O/c63-55(64,65)25-1-9-33-34-10-2-26(56(66,67)68)18-42(34)89(41(33)17-25)51-49-50(88-93-87-49)52(90-43-19-27(57(69,70)71)3-11-35(43)36-12-4-28(20-44(36)90)58(72,73)74)54(92-47-23-31(61(81,82)83)7-15-39(47)40-16-8-32(24-48(40)92)62(84,85)86)53(51)91-45-21-29(59(75,76)77)5-13-37(45)38-14-6-30(22-46(38)91)60(78,79)80/h1-24H. The summed E-state index contributed by atoms with van der Waals surface area (Å²) in [5.74, 6) is 0. The van der Waals surface area contributed by atoms with E-state index in [0.29, 0.717) is 115 Å². The van der Waals surface area contributed by atoms with Crippen molar-refractivity contribution in [3.63, 3.8) is 0 Å². The molecule has 0 amide bonds. The maximum atomic E-state index is 15.4. The number of hydrogen-bond donors (Lipinski definition) is 0. The molecule has 0 N–H and O–H groups in total. The van der Waals surface area contributed by atoms with Crippen molar-refractivity contribution in [2.24, 2.45) is 0 Å². The van der Waals surface area contributed by atoms with Gasteiger partial charge in [0.15, 0.2) is 11.0 Å². The predicted octanol–water partition coefficient (Wildman–Crippen LogP) is 21.8. The van der Waals surface area contributed by atoms with Crippen LogP contribution in [0.1, 0.15) is 44.5 Å². The van der Waals surface area contributed by atoms with E-state index in [-0.39, 0.29) is 24.3 Å². The normalized spacial score (nSPS) is 13.8. The molecule has 93 heavy (non-hydrogen) atoms. The lowest BCUT2D eigenvalue weighted by Crippen LogP contribution is -2.16. The van der Waals surface area contributed by atoms with Crippen molar-refractivity contribution >= 4 is 98.3 Å². The zero-order chi connectivity index (χ0) is 66.7. The van der Waals surface area contributed by atoms with Crippen molar-refractivity contribution in [1.82, 2.24) is 28.6 Å². The number of hydrogen-bond acceptors (Lipinski definition) is 3. The Kier molecular flexibility index (Phi) is 12.5. The summed E-state index contributed by atoms with van der Waals surface area (Å²) in [6.07, 6.45) is -43.6. The lowest BCUT2D eigenvalue weighted by molar-refractivity contribution is -0.138. The van der Waals surface area contributed by atoms with Crippen LogP contribution >= 0.6 is 0 Å². The Hall–Kier alpha value is -10.1. The van der Waals surface area contributed by atoms with Gasteiger partial charge in [0.1, 0.15) is 11.4 Å². The monoisotopic (exact) mass is 1320 g/mol. The van der Waals surface area contributed by atoms with E-state index in [0.717, 1.165) is 24.3 Å². The summed E-state index contributed by atoms with van der Waals surface area (Å²) >= 11 is 0. The minimum atomic E-state index is -5.48. The Morgan fingerprint density at radius 2 is 0.344 bits per heavy atom. The molecule has 0 aliphatic rings. The fourth-order valence-electron chi connectivity index (χ4n) is 12.2. The van der Waals surface area contributed by atoms with E-state index in [2.05, 4.69) is 10.3 Å². The van der Waals surface area contributed by atoms with Crippen molar-refractivity contribution in [1.29, 1.82) is 0 Å². The average Bonchev–Trinajstić information content (AvgIpc) is 1.56. The van der Waals surface area contributed by atoms with Crippen LogP contribution in [-0.4, -0.2) is 28.6 Å². The summed E-state index contributed by atoms with van der Waals surface area (Å²) in [7, 11) is 0. The zero-order valence-electron chi connectivity index (χ0n) is 45.0. The molecule has 5 aromatic heterocycles. The molecule has 0 aliphatic carbocycles. The van der Waals surface area contributed by atoms with Gasteiger partial charge in [-0.2, -0.15) is 105 Å². The molecule has 5 heterocycles. The lowest BCUT2D eigenvalue weighted by atomic mass is 10.1. The molecule has 0 saturated carbocycles. The van der Waals surface area contributed by atoms with Crippen LogP contribution in [0.3, 0.4) is 0 Å². The third-order valence-electron chi connectivity index (χ3n) is 16.2. The molecular weight excluding hydrogens is 1300 g/mol. The number of benzene rings is 9.